The van der Waals surface area contributed by atoms with E-state index in [4.69, 9.17) is 9.47 Å². The Hall–Kier alpha value is -3.91. The van der Waals surface area contributed by atoms with Gasteiger partial charge in [-0.3, -0.25) is 4.79 Å². The smallest absolute Gasteiger partial charge is 0.343 e. The van der Waals surface area contributed by atoms with Crippen LogP contribution in [0.2, 0.25) is 0 Å². The fourth-order valence-corrected chi connectivity index (χ4v) is 2.84. The van der Waals surface area contributed by atoms with Gasteiger partial charge in [-0.15, -0.1) is 0 Å². The Morgan fingerprint density at radius 2 is 1.45 bits per heavy atom. The minimum absolute atomic E-state index is 0.348. The summed E-state index contributed by atoms with van der Waals surface area (Å²) < 4.78 is 10.4. The first-order valence-corrected chi connectivity index (χ1v) is 9.09. The van der Waals surface area contributed by atoms with Gasteiger partial charge < -0.3 is 9.47 Å². The van der Waals surface area contributed by atoms with Gasteiger partial charge in [0.25, 0.3) is 0 Å². The van der Waals surface area contributed by atoms with Gasteiger partial charge in [-0.05, 0) is 53.9 Å². The lowest BCUT2D eigenvalue weighted by atomic mass is 9.93. The van der Waals surface area contributed by atoms with Gasteiger partial charge >= 0.3 is 11.9 Å². The fourth-order valence-electron chi connectivity index (χ4n) is 2.84. The molecule has 29 heavy (non-hydrogen) atoms. The third-order valence-corrected chi connectivity index (χ3v) is 4.28. The Kier molecular flexibility index (Phi) is 6.39. The minimum Gasteiger partial charge on any atom is -0.427 e. The van der Waals surface area contributed by atoms with Gasteiger partial charge in [-0.25, -0.2) is 4.79 Å². The van der Waals surface area contributed by atoms with Crippen molar-refractivity contribution in [3.8, 4) is 17.6 Å². The molecule has 3 aromatic carbocycles. The molecular weight excluding hydrogens is 366 g/mol. The largest absolute Gasteiger partial charge is 0.427 e. The summed E-state index contributed by atoms with van der Waals surface area (Å²) in [6.45, 7) is 1.34. The van der Waals surface area contributed by atoms with E-state index in [9.17, 15) is 14.9 Å². The molecule has 5 nitrogen and oxygen atoms in total. The summed E-state index contributed by atoms with van der Waals surface area (Å²) in [5.41, 5.74) is 2.27. The first kappa shape index (κ1) is 19.8. The average molecular weight is 385 g/mol. The van der Waals surface area contributed by atoms with Gasteiger partial charge in [0.15, 0.2) is 0 Å². The van der Waals surface area contributed by atoms with Crippen LogP contribution >= 0.6 is 0 Å². The van der Waals surface area contributed by atoms with Crippen LogP contribution in [0.4, 0.5) is 0 Å². The molecule has 0 radical (unpaired) electrons. The van der Waals surface area contributed by atoms with E-state index >= 15 is 0 Å². The van der Waals surface area contributed by atoms with E-state index in [2.05, 4.69) is 6.07 Å². The van der Waals surface area contributed by atoms with Crippen molar-refractivity contribution in [3.05, 3.63) is 95.6 Å². The van der Waals surface area contributed by atoms with Crippen molar-refractivity contribution in [1.82, 2.24) is 0 Å². The normalized spacial score (nSPS) is 11.2. The van der Waals surface area contributed by atoms with E-state index in [1.54, 1.807) is 60.7 Å². The van der Waals surface area contributed by atoms with Crippen LogP contribution in [0.5, 0.6) is 11.5 Å². The molecule has 3 aromatic rings. The number of ether oxygens (including phenoxy) is 2. The van der Waals surface area contributed by atoms with Gasteiger partial charge in [0.1, 0.15) is 11.5 Å². The molecule has 0 spiro atoms. The molecule has 0 amide bonds. The van der Waals surface area contributed by atoms with Gasteiger partial charge in [-0.1, -0.05) is 42.5 Å². The third kappa shape index (κ3) is 5.53. The van der Waals surface area contributed by atoms with Crippen molar-refractivity contribution < 1.29 is 19.1 Å². The molecule has 0 N–H and O–H groups in total. The Labute approximate surface area is 169 Å². The summed E-state index contributed by atoms with van der Waals surface area (Å²) in [5.74, 6) is -0.257. The molecule has 0 saturated carbocycles. The summed E-state index contributed by atoms with van der Waals surface area (Å²) in [5, 5.41) is 9.55. The second-order valence-corrected chi connectivity index (χ2v) is 6.45. The predicted molar refractivity (Wildman–Crippen MR) is 108 cm³/mol. The Bertz CT molecular complexity index is 1020. The Balaban J connectivity index is 1.64. The van der Waals surface area contributed by atoms with Crippen LogP contribution in [0, 0.1) is 11.3 Å². The molecule has 144 valence electrons. The second kappa shape index (κ2) is 9.34. The zero-order valence-electron chi connectivity index (χ0n) is 15.9. The van der Waals surface area contributed by atoms with E-state index in [1.165, 1.54) is 6.92 Å². The summed E-state index contributed by atoms with van der Waals surface area (Å²) in [7, 11) is 0. The number of benzene rings is 3. The van der Waals surface area contributed by atoms with Crippen LogP contribution in [0.15, 0.2) is 78.9 Å². The number of nitrogens with zero attached hydrogens (tertiary/aromatic N) is 1. The monoisotopic (exact) mass is 385 g/mol. The highest BCUT2D eigenvalue weighted by Crippen LogP contribution is 2.24. The quantitative estimate of drug-likeness (QED) is 0.455. The highest BCUT2D eigenvalue weighted by atomic mass is 16.5. The lowest BCUT2D eigenvalue weighted by Gasteiger charge is -2.11. The summed E-state index contributed by atoms with van der Waals surface area (Å²) in [6, 6.07) is 25.1. The van der Waals surface area contributed by atoms with Crippen molar-refractivity contribution in [2.75, 3.05) is 0 Å². The zero-order valence-corrected chi connectivity index (χ0v) is 15.9. The van der Waals surface area contributed by atoms with Gasteiger partial charge in [0, 0.05) is 6.92 Å². The van der Waals surface area contributed by atoms with Gasteiger partial charge in [0.05, 0.1) is 17.6 Å². The van der Waals surface area contributed by atoms with Gasteiger partial charge in [-0.2, -0.15) is 5.26 Å². The molecule has 1 atom stereocenters. The molecule has 1 unspecified atom stereocenters. The molecule has 0 aliphatic heterocycles. The van der Waals surface area contributed by atoms with E-state index in [0.29, 0.717) is 23.5 Å². The van der Waals surface area contributed by atoms with Crippen LogP contribution in [0.25, 0.3) is 0 Å². The molecular formula is C24H19NO4. The van der Waals surface area contributed by atoms with Crippen LogP contribution in [0.3, 0.4) is 0 Å². The number of carbonyl (C=O) groups is 2. The maximum Gasteiger partial charge on any atom is 0.343 e. The van der Waals surface area contributed by atoms with E-state index in [1.807, 2.05) is 18.2 Å². The highest BCUT2D eigenvalue weighted by molar-refractivity contribution is 5.90. The number of hydrogen-bond donors (Lipinski definition) is 0. The standard InChI is InChI=1S/C24H19NO4/c1-17(26)28-22-13-9-19(10-14-22)21(16-25)15-18-7-11-23(12-8-18)29-24(27)20-5-3-2-4-6-20/h2-14,21H,15H2,1H3. The van der Waals surface area contributed by atoms with Crippen molar-refractivity contribution in [1.29, 1.82) is 5.26 Å². The first-order chi connectivity index (χ1) is 14.0. The lowest BCUT2D eigenvalue weighted by Crippen LogP contribution is -2.08. The molecule has 0 aromatic heterocycles. The van der Waals surface area contributed by atoms with E-state index < -0.39 is 5.97 Å². The van der Waals surface area contributed by atoms with Crippen molar-refractivity contribution in [2.24, 2.45) is 0 Å². The van der Waals surface area contributed by atoms with Crippen molar-refractivity contribution >= 4 is 11.9 Å². The second-order valence-electron chi connectivity index (χ2n) is 6.45. The molecule has 0 bridgehead atoms. The maximum atomic E-state index is 12.1. The molecule has 0 heterocycles. The third-order valence-electron chi connectivity index (χ3n) is 4.28. The highest BCUT2D eigenvalue weighted by Gasteiger charge is 2.13. The Morgan fingerprint density at radius 3 is 2.03 bits per heavy atom. The van der Waals surface area contributed by atoms with Crippen molar-refractivity contribution in [3.63, 3.8) is 0 Å². The summed E-state index contributed by atoms with van der Waals surface area (Å²) in [4.78, 5) is 23.1. The van der Waals surface area contributed by atoms with E-state index in [-0.39, 0.29) is 11.9 Å². The average Bonchev–Trinajstić information content (AvgIpc) is 2.74. The maximum absolute atomic E-state index is 12.1. The number of rotatable bonds is 6. The SMILES string of the molecule is CC(=O)Oc1ccc(C(C#N)Cc2ccc(OC(=O)c3ccccc3)cc2)cc1. The molecule has 0 fully saturated rings. The minimum atomic E-state index is -0.416. The Morgan fingerprint density at radius 1 is 0.862 bits per heavy atom. The predicted octanol–water partition coefficient (Wildman–Crippen LogP) is 4.68. The van der Waals surface area contributed by atoms with Crippen LogP contribution in [0.1, 0.15) is 34.3 Å². The van der Waals surface area contributed by atoms with Crippen LogP contribution in [-0.2, 0) is 11.2 Å². The zero-order chi connectivity index (χ0) is 20.6. The summed E-state index contributed by atoms with van der Waals surface area (Å²) >= 11 is 0. The van der Waals surface area contributed by atoms with Crippen LogP contribution in [-0.4, -0.2) is 11.9 Å². The topological polar surface area (TPSA) is 76.4 Å². The number of nitriles is 1. The molecule has 0 aliphatic rings. The number of carbonyl (C=O) groups excluding carboxylic acids is 2. The fraction of sp³-hybridized carbons (Fsp3) is 0.125. The molecule has 3 rings (SSSR count). The van der Waals surface area contributed by atoms with Crippen LogP contribution < -0.4 is 9.47 Å². The molecule has 0 aliphatic carbocycles. The molecule has 0 saturated heterocycles. The number of hydrogen-bond acceptors (Lipinski definition) is 5. The lowest BCUT2D eigenvalue weighted by molar-refractivity contribution is -0.131. The van der Waals surface area contributed by atoms with E-state index in [0.717, 1.165) is 11.1 Å². The molecule has 5 heteroatoms. The first-order valence-electron chi connectivity index (χ1n) is 9.09. The van der Waals surface area contributed by atoms with Crippen molar-refractivity contribution in [2.45, 2.75) is 19.3 Å². The van der Waals surface area contributed by atoms with Gasteiger partial charge in [0.2, 0.25) is 0 Å². The summed E-state index contributed by atoms with van der Waals surface area (Å²) in [6.07, 6.45) is 0.510. The number of esters is 2.